The number of rotatable bonds is 3. The first-order chi connectivity index (χ1) is 6.67. The Balaban J connectivity index is 2.82. The van der Waals surface area contributed by atoms with Crippen molar-refractivity contribution in [3.05, 3.63) is 16.3 Å². The van der Waals surface area contributed by atoms with E-state index in [-0.39, 0.29) is 5.91 Å². The summed E-state index contributed by atoms with van der Waals surface area (Å²) in [6.07, 6.45) is 0.663. The fourth-order valence-corrected chi connectivity index (χ4v) is 1.95. The Morgan fingerprint density at radius 1 is 1.71 bits per heavy atom. The van der Waals surface area contributed by atoms with Gasteiger partial charge in [-0.25, -0.2) is 0 Å². The minimum absolute atomic E-state index is 0.103. The summed E-state index contributed by atoms with van der Waals surface area (Å²) in [5.74, 6) is -0.103. The molecule has 1 amide bonds. The lowest BCUT2D eigenvalue weighted by Crippen LogP contribution is -2.04. The van der Waals surface area contributed by atoms with E-state index in [1.807, 2.05) is 12.3 Å². The van der Waals surface area contributed by atoms with E-state index in [0.29, 0.717) is 12.1 Å². The van der Waals surface area contributed by atoms with Crippen molar-refractivity contribution in [2.24, 2.45) is 5.16 Å². The van der Waals surface area contributed by atoms with Gasteiger partial charge in [-0.1, -0.05) is 12.1 Å². The molecule has 1 rings (SSSR count). The molecule has 0 saturated heterocycles. The van der Waals surface area contributed by atoms with Gasteiger partial charge in [-0.15, -0.1) is 11.3 Å². The Morgan fingerprint density at radius 3 is 2.93 bits per heavy atom. The van der Waals surface area contributed by atoms with Gasteiger partial charge in [-0.05, 0) is 12.5 Å². The Morgan fingerprint density at radius 2 is 2.43 bits per heavy atom. The van der Waals surface area contributed by atoms with E-state index in [1.54, 1.807) is 6.07 Å². The Hall–Kier alpha value is -1.36. The number of thiophene rings is 1. The molecule has 76 valence electrons. The first kappa shape index (κ1) is 10.7. The molecule has 1 aromatic heterocycles. The maximum atomic E-state index is 10.7. The summed E-state index contributed by atoms with van der Waals surface area (Å²) >= 11 is 1.44. The lowest BCUT2D eigenvalue weighted by atomic mass is 10.2. The number of amides is 1. The third kappa shape index (κ3) is 2.56. The van der Waals surface area contributed by atoms with Crippen LogP contribution in [-0.2, 0) is 4.79 Å². The highest BCUT2D eigenvalue weighted by Crippen LogP contribution is 2.21. The standard InChI is InChI=1S/C9H12N2O2S/c1-3-8(11-13)9-4-7(5-14-9)10-6(2)12/h4-5,13H,3H2,1-2H3,(H,10,12)/b11-8-. The highest BCUT2D eigenvalue weighted by Gasteiger charge is 2.06. The third-order valence-corrected chi connectivity index (χ3v) is 2.64. The number of nitrogens with zero attached hydrogens (tertiary/aromatic N) is 1. The predicted molar refractivity (Wildman–Crippen MR) is 57.2 cm³/mol. The van der Waals surface area contributed by atoms with Gasteiger partial charge < -0.3 is 10.5 Å². The van der Waals surface area contributed by atoms with E-state index < -0.39 is 0 Å². The summed E-state index contributed by atoms with van der Waals surface area (Å²) in [6.45, 7) is 3.37. The molecule has 14 heavy (non-hydrogen) atoms. The van der Waals surface area contributed by atoms with Gasteiger partial charge in [0.1, 0.15) is 0 Å². The van der Waals surface area contributed by atoms with Gasteiger partial charge in [-0.2, -0.15) is 0 Å². The normalized spacial score (nSPS) is 11.4. The zero-order valence-electron chi connectivity index (χ0n) is 8.07. The second-order valence-corrected chi connectivity index (χ2v) is 3.69. The molecule has 0 saturated carbocycles. The van der Waals surface area contributed by atoms with Gasteiger partial charge in [-0.3, -0.25) is 4.79 Å². The zero-order valence-corrected chi connectivity index (χ0v) is 8.89. The number of nitrogens with one attached hydrogen (secondary N) is 1. The quantitative estimate of drug-likeness (QED) is 0.459. The van der Waals surface area contributed by atoms with Crippen molar-refractivity contribution in [3.8, 4) is 0 Å². The molecule has 0 aliphatic rings. The van der Waals surface area contributed by atoms with Crippen LogP contribution in [0.1, 0.15) is 25.1 Å². The van der Waals surface area contributed by atoms with Crippen LogP contribution < -0.4 is 5.32 Å². The summed E-state index contributed by atoms with van der Waals surface area (Å²) < 4.78 is 0. The topological polar surface area (TPSA) is 61.7 Å². The summed E-state index contributed by atoms with van der Waals surface area (Å²) in [7, 11) is 0. The van der Waals surface area contributed by atoms with Crippen LogP contribution >= 0.6 is 11.3 Å². The SMILES string of the molecule is CC/C(=N/O)c1cc(NC(C)=O)cs1. The fraction of sp³-hybridized carbons (Fsp3) is 0.333. The first-order valence-electron chi connectivity index (χ1n) is 4.24. The summed E-state index contributed by atoms with van der Waals surface area (Å²) in [5.41, 5.74) is 1.37. The molecule has 0 fully saturated rings. The molecule has 0 radical (unpaired) electrons. The molecule has 0 bridgehead atoms. The monoisotopic (exact) mass is 212 g/mol. The van der Waals surface area contributed by atoms with Crippen molar-refractivity contribution in [1.29, 1.82) is 0 Å². The van der Waals surface area contributed by atoms with E-state index in [0.717, 1.165) is 10.6 Å². The molecular weight excluding hydrogens is 200 g/mol. The van der Waals surface area contributed by atoms with E-state index in [4.69, 9.17) is 5.21 Å². The van der Waals surface area contributed by atoms with Crippen LogP contribution in [0.25, 0.3) is 0 Å². The molecular formula is C9H12N2O2S. The highest BCUT2D eigenvalue weighted by molar-refractivity contribution is 7.12. The molecule has 0 atom stereocenters. The van der Waals surface area contributed by atoms with E-state index in [9.17, 15) is 4.79 Å². The summed E-state index contributed by atoms with van der Waals surface area (Å²) in [6, 6.07) is 1.80. The second-order valence-electron chi connectivity index (χ2n) is 2.78. The molecule has 2 N–H and O–H groups in total. The largest absolute Gasteiger partial charge is 0.411 e. The molecule has 4 nitrogen and oxygen atoms in total. The maximum Gasteiger partial charge on any atom is 0.221 e. The lowest BCUT2D eigenvalue weighted by molar-refractivity contribution is -0.114. The van der Waals surface area contributed by atoms with Crippen LogP contribution in [-0.4, -0.2) is 16.8 Å². The lowest BCUT2D eigenvalue weighted by Gasteiger charge is -1.96. The van der Waals surface area contributed by atoms with Crippen molar-refractivity contribution in [2.75, 3.05) is 5.32 Å². The van der Waals surface area contributed by atoms with Gasteiger partial charge in [0.25, 0.3) is 0 Å². The summed E-state index contributed by atoms with van der Waals surface area (Å²) in [4.78, 5) is 11.6. The van der Waals surface area contributed by atoms with Crippen LogP contribution in [0.5, 0.6) is 0 Å². The number of carbonyl (C=O) groups excluding carboxylic acids is 1. The van der Waals surface area contributed by atoms with Crippen LogP contribution in [0.3, 0.4) is 0 Å². The van der Waals surface area contributed by atoms with E-state index in [2.05, 4.69) is 10.5 Å². The molecule has 0 aliphatic carbocycles. The van der Waals surface area contributed by atoms with Crippen LogP contribution in [0, 0.1) is 0 Å². The molecule has 0 aliphatic heterocycles. The predicted octanol–water partition coefficient (Wildman–Crippen LogP) is 2.29. The fourth-order valence-electron chi connectivity index (χ4n) is 1.05. The minimum atomic E-state index is -0.103. The van der Waals surface area contributed by atoms with Crippen LogP contribution in [0.4, 0.5) is 5.69 Å². The number of anilines is 1. The van der Waals surface area contributed by atoms with Gasteiger partial charge in [0.2, 0.25) is 5.91 Å². The van der Waals surface area contributed by atoms with Crippen molar-refractivity contribution in [1.82, 2.24) is 0 Å². The molecule has 1 heterocycles. The maximum absolute atomic E-state index is 10.7. The van der Waals surface area contributed by atoms with Crippen molar-refractivity contribution < 1.29 is 10.0 Å². The van der Waals surface area contributed by atoms with Crippen molar-refractivity contribution >= 4 is 28.6 Å². The first-order valence-corrected chi connectivity index (χ1v) is 5.12. The van der Waals surface area contributed by atoms with Gasteiger partial charge in [0.05, 0.1) is 16.3 Å². The second kappa shape index (κ2) is 4.76. The molecule has 0 unspecified atom stereocenters. The Bertz CT molecular complexity index is 357. The smallest absolute Gasteiger partial charge is 0.221 e. The van der Waals surface area contributed by atoms with Gasteiger partial charge >= 0.3 is 0 Å². The molecule has 5 heteroatoms. The van der Waals surface area contributed by atoms with Crippen LogP contribution in [0.2, 0.25) is 0 Å². The number of hydrogen-bond donors (Lipinski definition) is 2. The highest BCUT2D eigenvalue weighted by atomic mass is 32.1. The number of oxime groups is 1. The van der Waals surface area contributed by atoms with Crippen molar-refractivity contribution in [3.63, 3.8) is 0 Å². The Labute approximate surface area is 86.3 Å². The molecule has 1 aromatic rings. The van der Waals surface area contributed by atoms with Gasteiger partial charge in [0, 0.05) is 12.3 Å². The average Bonchev–Trinajstić information content (AvgIpc) is 2.54. The number of carbonyl (C=O) groups is 1. The zero-order chi connectivity index (χ0) is 10.6. The number of hydrogen-bond acceptors (Lipinski definition) is 4. The average molecular weight is 212 g/mol. The minimum Gasteiger partial charge on any atom is -0.411 e. The third-order valence-electron chi connectivity index (χ3n) is 1.66. The molecule has 0 spiro atoms. The Kier molecular flexibility index (Phi) is 3.64. The van der Waals surface area contributed by atoms with Gasteiger partial charge in [0.15, 0.2) is 0 Å². The van der Waals surface area contributed by atoms with Crippen LogP contribution in [0.15, 0.2) is 16.6 Å². The van der Waals surface area contributed by atoms with Crippen molar-refractivity contribution in [2.45, 2.75) is 20.3 Å². The van der Waals surface area contributed by atoms with E-state index >= 15 is 0 Å². The molecule has 0 aromatic carbocycles. The summed E-state index contributed by atoms with van der Waals surface area (Å²) in [5, 5.41) is 16.3. The van der Waals surface area contributed by atoms with E-state index in [1.165, 1.54) is 18.3 Å².